The Kier molecular flexibility index (Phi) is 4.21. The summed E-state index contributed by atoms with van der Waals surface area (Å²) >= 11 is 0. The number of halogens is 2. The van der Waals surface area contributed by atoms with Gasteiger partial charge in [-0.1, -0.05) is 0 Å². The molecule has 0 aromatic heterocycles. The molecule has 3 N–H and O–H groups in total. The summed E-state index contributed by atoms with van der Waals surface area (Å²) in [6.07, 6.45) is -1.80. The van der Waals surface area contributed by atoms with Gasteiger partial charge in [0.25, 0.3) is 6.43 Å². The number of sulfonamides is 1. The van der Waals surface area contributed by atoms with E-state index in [1.54, 1.807) is 0 Å². The number of nitrogens with two attached hydrogens (primary N) is 1. The Balaban J connectivity index is 3.90. The highest BCUT2D eigenvalue weighted by molar-refractivity contribution is 7.88. The van der Waals surface area contributed by atoms with E-state index in [0.29, 0.717) is 0 Å². The Morgan fingerprint density at radius 1 is 1.54 bits per heavy atom. The van der Waals surface area contributed by atoms with Crippen molar-refractivity contribution < 1.29 is 17.2 Å². The standard InChI is InChI=1S/C6H14F2N2O2S/c1-6(9,5(7)8)3-4-10-13(2,11)12/h5,10H,3-4,9H2,1-2H3. The third kappa shape index (κ3) is 5.89. The minimum atomic E-state index is -3.32. The molecule has 80 valence electrons. The zero-order valence-corrected chi connectivity index (χ0v) is 8.37. The van der Waals surface area contributed by atoms with Crippen LogP contribution < -0.4 is 10.5 Å². The second-order valence-corrected chi connectivity index (χ2v) is 5.06. The maximum absolute atomic E-state index is 12.1. The van der Waals surface area contributed by atoms with Gasteiger partial charge in [0.05, 0.1) is 11.8 Å². The predicted molar refractivity (Wildman–Crippen MR) is 46.1 cm³/mol. The van der Waals surface area contributed by atoms with Crippen LogP contribution in [0.4, 0.5) is 8.78 Å². The Morgan fingerprint density at radius 2 is 2.00 bits per heavy atom. The number of nitrogens with one attached hydrogen (secondary N) is 1. The molecule has 0 saturated carbocycles. The molecule has 0 aliphatic heterocycles. The minimum absolute atomic E-state index is 0.0732. The van der Waals surface area contributed by atoms with Crippen molar-refractivity contribution in [3.63, 3.8) is 0 Å². The number of hydrogen-bond acceptors (Lipinski definition) is 3. The Hall–Kier alpha value is -0.270. The highest BCUT2D eigenvalue weighted by Crippen LogP contribution is 2.15. The largest absolute Gasteiger partial charge is 0.321 e. The molecule has 0 amide bonds. The van der Waals surface area contributed by atoms with Crippen LogP contribution in [0.3, 0.4) is 0 Å². The molecular formula is C6H14F2N2O2S. The second kappa shape index (κ2) is 4.30. The van der Waals surface area contributed by atoms with Crippen LogP contribution in [0.1, 0.15) is 13.3 Å². The average Bonchev–Trinajstić information content (AvgIpc) is 1.82. The lowest BCUT2D eigenvalue weighted by molar-refractivity contribution is 0.0598. The predicted octanol–water partition coefficient (Wildman–Crippen LogP) is -0.0918. The van der Waals surface area contributed by atoms with Gasteiger partial charge in [0.15, 0.2) is 0 Å². The zero-order chi connectivity index (χ0) is 10.7. The molecule has 0 radical (unpaired) electrons. The molecular weight excluding hydrogens is 202 g/mol. The topological polar surface area (TPSA) is 72.2 Å². The van der Waals surface area contributed by atoms with Crippen LogP contribution >= 0.6 is 0 Å². The van der Waals surface area contributed by atoms with E-state index in [-0.39, 0.29) is 13.0 Å². The molecule has 0 aromatic rings. The molecule has 1 atom stereocenters. The van der Waals surface area contributed by atoms with E-state index >= 15 is 0 Å². The van der Waals surface area contributed by atoms with Gasteiger partial charge in [0.2, 0.25) is 10.0 Å². The van der Waals surface area contributed by atoms with Crippen LogP contribution in [0.5, 0.6) is 0 Å². The van der Waals surface area contributed by atoms with Crippen molar-refractivity contribution in [3.05, 3.63) is 0 Å². The highest BCUT2D eigenvalue weighted by atomic mass is 32.2. The monoisotopic (exact) mass is 216 g/mol. The van der Waals surface area contributed by atoms with Gasteiger partial charge in [-0.2, -0.15) is 0 Å². The lowest BCUT2D eigenvalue weighted by Crippen LogP contribution is -2.46. The lowest BCUT2D eigenvalue weighted by Gasteiger charge is -2.23. The van der Waals surface area contributed by atoms with Gasteiger partial charge in [0.1, 0.15) is 0 Å². The fourth-order valence-electron chi connectivity index (χ4n) is 0.615. The third-order valence-electron chi connectivity index (χ3n) is 1.53. The van der Waals surface area contributed by atoms with Crippen molar-refractivity contribution in [1.82, 2.24) is 4.72 Å². The molecule has 0 bridgehead atoms. The summed E-state index contributed by atoms with van der Waals surface area (Å²) in [6.45, 7) is 1.11. The number of alkyl halides is 2. The molecule has 0 rings (SSSR count). The Bertz CT molecular complexity index is 251. The van der Waals surface area contributed by atoms with Gasteiger partial charge < -0.3 is 5.73 Å². The first-order valence-electron chi connectivity index (χ1n) is 3.67. The first kappa shape index (κ1) is 12.7. The van der Waals surface area contributed by atoms with E-state index in [4.69, 9.17) is 5.73 Å². The third-order valence-corrected chi connectivity index (χ3v) is 2.25. The summed E-state index contributed by atoms with van der Waals surface area (Å²) in [5.41, 5.74) is 3.56. The van der Waals surface area contributed by atoms with Gasteiger partial charge in [-0.25, -0.2) is 21.9 Å². The molecule has 0 saturated heterocycles. The van der Waals surface area contributed by atoms with Crippen LogP contribution in [-0.4, -0.2) is 33.2 Å². The molecule has 0 aliphatic carbocycles. The fraction of sp³-hybridized carbons (Fsp3) is 1.00. The fourth-order valence-corrected chi connectivity index (χ4v) is 1.09. The normalized spacial score (nSPS) is 17.4. The number of rotatable bonds is 5. The van der Waals surface area contributed by atoms with E-state index in [1.165, 1.54) is 6.92 Å². The van der Waals surface area contributed by atoms with Crippen molar-refractivity contribution >= 4 is 10.0 Å². The summed E-state index contributed by atoms with van der Waals surface area (Å²) in [5.74, 6) is 0. The first-order valence-corrected chi connectivity index (χ1v) is 5.56. The van der Waals surface area contributed by atoms with E-state index in [1.807, 2.05) is 0 Å². The minimum Gasteiger partial charge on any atom is -0.321 e. The van der Waals surface area contributed by atoms with Gasteiger partial charge in [0, 0.05) is 6.54 Å². The Morgan fingerprint density at radius 3 is 2.31 bits per heavy atom. The summed E-state index contributed by atoms with van der Waals surface area (Å²) < 4.78 is 47.4. The summed E-state index contributed by atoms with van der Waals surface area (Å²) in [4.78, 5) is 0. The maximum atomic E-state index is 12.1. The quantitative estimate of drug-likeness (QED) is 0.674. The molecule has 0 spiro atoms. The SMILES string of the molecule is CC(N)(CCNS(C)(=O)=O)C(F)F. The van der Waals surface area contributed by atoms with Crippen LogP contribution in [0.25, 0.3) is 0 Å². The first-order chi connectivity index (χ1) is 5.65. The van der Waals surface area contributed by atoms with Crippen molar-refractivity contribution in [2.45, 2.75) is 25.3 Å². The van der Waals surface area contributed by atoms with Crippen molar-refractivity contribution in [2.75, 3.05) is 12.8 Å². The molecule has 4 nitrogen and oxygen atoms in total. The van der Waals surface area contributed by atoms with Crippen molar-refractivity contribution in [2.24, 2.45) is 5.73 Å². The highest BCUT2D eigenvalue weighted by Gasteiger charge is 2.29. The summed E-state index contributed by atoms with van der Waals surface area (Å²) in [5, 5.41) is 0. The molecule has 13 heavy (non-hydrogen) atoms. The summed E-state index contributed by atoms with van der Waals surface area (Å²) in [6, 6.07) is 0. The maximum Gasteiger partial charge on any atom is 0.256 e. The van der Waals surface area contributed by atoms with Crippen molar-refractivity contribution in [3.8, 4) is 0 Å². The second-order valence-electron chi connectivity index (χ2n) is 3.22. The van der Waals surface area contributed by atoms with E-state index in [2.05, 4.69) is 4.72 Å². The van der Waals surface area contributed by atoms with Gasteiger partial charge in [-0.3, -0.25) is 0 Å². The van der Waals surface area contributed by atoms with Gasteiger partial charge >= 0.3 is 0 Å². The summed E-state index contributed by atoms with van der Waals surface area (Å²) in [7, 11) is -3.32. The Labute approximate surface area is 76.5 Å². The van der Waals surface area contributed by atoms with E-state index in [9.17, 15) is 17.2 Å². The average molecular weight is 216 g/mol. The van der Waals surface area contributed by atoms with Crippen LogP contribution in [0.15, 0.2) is 0 Å². The lowest BCUT2D eigenvalue weighted by atomic mass is 10.0. The molecule has 7 heteroatoms. The number of hydrogen-bond donors (Lipinski definition) is 2. The van der Waals surface area contributed by atoms with E-state index < -0.39 is 22.0 Å². The molecule has 1 unspecified atom stereocenters. The smallest absolute Gasteiger partial charge is 0.256 e. The van der Waals surface area contributed by atoms with Crippen LogP contribution in [0.2, 0.25) is 0 Å². The molecule has 0 aromatic carbocycles. The van der Waals surface area contributed by atoms with Gasteiger partial charge in [-0.15, -0.1) is 0 Å². The van der Waals surface area contributed by atoms with Gasteiger partial charge in [-0.05, 0) is 13.3 Å². The zero-order valence-electron chi connectivity index (χ0n) is 7.55. The van der Waals surface area contributed by atoms with Crippen molar-refractivity contribution in [1.29, 1.82) is 0 Å². The molecule has 0 heterocycles. The van der Waals surface area contributed by atoms with Crippen LogP contribution in [-0.2, 0) is 10.0 Å². The molecule has 0 fully saturated rings. The van der Waals surface area contributed by atoms with E-state index in [0.717, 1.165) is 6.26 Å². The molecule has 0 aliphatic rings. The van der Waals surface area contributed by atoms with Crippen LogP contribution in [0, 0.1) is 0 Å².